The molecule has 0 unspecified atom stereocenters. The van der Waals surface area contributed by atoms with E-state index in [1.54, 1.807) is 19.1 Å². The molecule has 2 nitrogen and oxygen atoms in total. The molecule has 0 saturated heterocycles. The Bertz CT molecular complexity index is 314. The molecule has 0 heterocycles. The fourth-order valence-electron chi connectivity index (χ4n) is 1.02. The van der Waals surface area contributed by atoms with Crippen LogP contribution in [0, 0.1) is 9.39 Å². The molecule has 0 spiro atoms. The Morgan fingerprint density at radius 3 is 2.77 bits per heavy atom. The molecule has 0 radical (unpaired) electrons. The van der Waals surface area contributed by atoms with Gasteiger partial charge in [0.2, 0.25) is 0 Å². The van der Waals surface area contributed by atoms with Gasteiger partial charge >= 0.3 is 0 Å². The van der Waals surface area contributed by atoms with E-state index in [9.17, 15) is 4.39 Å². The Balaban J connectivity index is 3.20. The summed E-state index contributed by atoms with van der Waals surface area (Å²) in [7, 11) is 0. The minimum Gasteiger partial charge on any atom is -0.394 e. The number of hydrogen-bond acceptors (Lipinski definition) is 2. The van der Waals surface area contributed by atoms with Crippen LogP contribution < -0.4 is 5.73 Å². The van der Waals surface area contributed by atoms with Gasteiger partial charge in [-0.1, -0.05) is 0 Å². The number of aliphatic hydroxyl groups excluding tert-OH is 1. The first-order valence-electron chi connectivity index (χ1n) is 3.82. The first-order chi connectivity index (χ1) is 5.97. The largest absolute Gasteiger partial charge is 0.394 e. The molecule has 1 rings (SSSR count). The summed E-state index contributed by atoms with van der Waals surface area (Å²) in [6.45, 7) is 1.32. The first kappa shape index (κ1) is 10.9. The van der Waals surface area contributed by atoms with Crippen LogP contribution in [-0.4, -0.2) is 11.7 Å². The van der Waals surface area contributed by atoms with E-state index in [0.717, 1.165) is 3.57 Å². The standard InChI is InChI=1S/C9H11FINO/c1-9(12,5-13)7-4-6(11)2-3-8(7)10/h2-4,13H,5,12H2,1H3/t9-/m0/s1. The second kappa shape index (κ2) is 3.89. The monoisotopic (exact) mass is 295 g/mol. The van der Waals surface area contributed by atoms with E-state index >= 15 is 0 Å². The highest BCUT2D eigenvalue weighted by Gasteiger charge is 2.23. The van der Waals surface area contributed by atoms with Crippen LogP contribution in [0.5, 0.6) is 0 Å². The maximum absolute atomic E-state index is 13.3. The van der Waals surface area contributed by atoms with Crippen LogP contribution in [0.2, 0.25) is 0 Å². The Hall–Kier alpha value is -0.200. The lowest BCUT2D eigenvalue weighted by molar-refractivity contribution is 0.206. The van der Waals surface area contributed by atoms with Crippen LogP contribution in [0.3, 0.4) is 0 Å². The predicted molar refractivity (Wildman–Crippen MR) is 57.7 cm³/mol. The van der Waals surface area contributed by atoms with Gasteiger partial charge in [0.05, 0.1) is 12.1 Å². The number of halogens is 2. The molecule has 0 bridgehead atoms. The normalized spacial score (nSPS) is 15.5. The molecule has 3 N–H and O–H groups in total. The highest BCUT2D eigenvalue weighted by molar-refractivity contribution is 14.1. The van der Waals surface area contributed by atoms with Crippen molar-refractivity contribution in [1.29, 1.82) is 0 Å². The van der Waals surface area contributed by atoms with E-state index in [1.807, 2.05) is 0 Å². The van der Waals surface area contributed by atoms with Crippen molar-refractivity contribution in [2.24, 2.45) is 5.73 Å². The molecule has 0 aliphatic heterocycles. The van der Waals surface area contributed by atoms with Gasteiger partial charge in [-0.25, -0.2) is 4.39 Å². The summed E-state index contributed by atoms with van der Waals surface area (Å²) in [6, 6.07) is 4.66. The third kappa shape index (κ3) is 2.38. The highest BCUT2D eigenvalue weighted by atomic mass is 127. The summed E-state index contributed by atoms with van der Waals surface area (Å²) in [5, 5.41) is 8.97. The predicted octanol–water partition coefficient (Wildman–Crippen LogP) is 1.60. The van der Waals surface area contributed by atoms with Gasteiger partial charge in [-0.3, -0.25) is 0 Å². The third-order valence-corrected chi connectivity index (χ3v) is 2.54. The van der Waals surface area contributed by atoms with Crippen molar-refractivity contribution >= 4 is 22.6 Å². The summed E-state index contributed by atoms with van der Waals surface area (Å²) < 4.78 is 14.2. The van der Waals surface area contributed by atoms with Gasteiger partial charge in [0, 0.05) is 9.13 Å². The van der Waals surface area contributed by atoms with E-state index < -0.39 is 5.54 Å². The van der Waals surface area contributed by atoms with Crippen LogP contribution in [0.25, 0.3) is 0 Å². The van der Waals surface area contributed by atoms with E-state index in [0.29, 0.717) is 5.56 Å². The minimum absolute atomic E-state index is 0.274. The average Bonchev–Trinajstić information content (AvgIpc) is 2.09. The molecule has 13 heavy (non-hydrogen) atoms. The van der Waals surface area contributed by atoms with Crippen molar-refractivity contribution in [2.45, 2.75) is 12.5 Å². The maximum Gasteiger partial charge on any atom is 0.128 e. The first-order valence-corrected chi connectivity index (χ1v) is 4.90. The van der Waals surface area contributed by atoms with E-state index in [-0.39, 0.29) is 12.4 Å². The van der Waals surface area contributed by atoms with Crippen molar-refractivity contribution < 1.29 is 9.50 Å². The molecular weight excluding hydrogens is 284 g/mol. The topological polar surface area (TPSA) is 46.2 Å². The smallest absolute Gasteiger partial charge is 0.128 e. The minimum atomic E-state index is -1.01. The Morgan fingerprint density at radius 1 is 1.62 bits per heavy atom. The van der Waals surface area contributed by atoms with Crippen LogP contribution in [-0.2, 0) is 5.54 Å². The molecule has 0 fully saturated rings. The van der Waals surface area contributed by atoms with Crippen LogP contribution in [0.15, 0.2) is 18.2 Å². The van der Waals surface area contributed by atoms with Crippen molar-refractivity contribution in [1.82, 2.24) is 0 Å². The summed E-state index contributed by atoms with van der Waals surface area (Å²) in [5.74, 6) is -0.375. The van der Waals surface area contributed by atoms with E-state index in [4.69, 9.17) is 10.8 Å². The van der Waals surface area contributed by atoms with Crippen molar-refractivity contribution in [3.05, 3.63) is 33.1 Å². The zero-order chi connectivity index (χ0) is 10.1. The number of rotatable bonds is 2. The fraction of sp³-hybridized carbons (Fsp3) is 0.333. The van der Waals surface area contributed by atoms with Gasteiger partial charge in [0.15, 0.2) is 0 Å². The number of aliphatic hydroxyl groups is 1. The van der Waals surface area contributed by atoms with E-state index in [2.05, 4.69) is 22.6 Å². The molecule has 0 aliphatic carbocycles. The van der Waals surface area contributed by atoms with Gasteiger partial charge in [-0.2, -0.15) is 0 Å². The zero-order valence-electron chi connectivity index (χ0n) is 7.22. The lowest BCUT2D eigenvalue weighted by atomic mass is 9.94. The molecule has 0 amide bonds. The second-order valence-corrected chi connectivity index (χ2v) is 4.45. The SMILES string of the molecule is C[C@](N)(CO)c1cc(I)ccc1F. The average molecular weight is 295 g/mol. The van der Waals surface area contributed by atoms with Gasteiger partial charge in [0.1, 0.15) is 5.82 Å². The summed E-state index contributed by atoms with van der Waals surface area (Å²) in [5.41, 5.74) is 5.05. The second-order valence-electron chi connectivity index (χ2n) is 3.20. The van der Waals surface area contributed by atoms with E-state index in [1.165, 1.54) is 6.07 Å². The number of benzene rings is 1. The van der Waals surface area contributed by atoms with Gasteiger partial charge in [0.25, 0.3) is 0 Å². The molecule has 0 aromatic heterocycles. The molecule has 1 atom stereocenters. The molecule has 0 saturated carbocycles. The van der Waals surface area contributed by atoms with Crippen molar-refractivity contribution in [3.8, 4) is 0 Å². The Morgan fingerprint density at radius 2 is 2.23 bits per heavy atom. The van der Waals surface area contributed by atoms with Gasteiger partial charge in [-0.05, 0) is 47.7 Å². The number of hydrogen-bond donors (Lipinski definition) is 2. The molecule has 72 valence electrons. The quantitative estimate of drug-likeness (QED) is 0.814. The summed E-state index contributed by atoms with van der Waals surface area (Å²) >= 11 is 2.07. The molecular formula is C9H11FINO. The fourth-order valence-corrected chi connectivity index (χ4v) is 1.51. The zero-order valence-corrected chi connectivity index (χ0v) is 9.38. The van der Waals surface area contributed by atoms with Gasteiger partial charge in [-0.15, -0.1) is 0 Å². The summed E-state index contributed by atoms with van der Waals surface area (Å²) in [6.07, 6.45) is 0. The molecule has 1 aromatic carbocycles. The Kier molecular flexibility index (Phi) is 3.26. The lowest BCUT2D eigenvalue weighted by Crippen LogP contribution is -2.37. The van der Waals surface area contributed by atoms with Crippen LogP contribution >= 0.6 is 22.6 Å². The number of nitrogens with two attached hydrogens (primary N) is 1. The van der Waals surface area contributed by atoms with Crippen molar-refractivity contribution in [3.63, 3.8) is 0 Å². The lowest BCUT2D eigenvalue weighted by Gasteiger charge is -2.22. The van der Waals surface area contributed by atoms with Crippen LogP contribution in [0.1, 0.15) is 12.5 Å². The third-order valence-electron chi connectivity index (χ3n) is 1.87. The molecule has 4 heteroatoms. The van der Waals surface area contributed by atoms with Crippen molar-refractivity contribution in [2.75, 3.05) is 6.61 Å². The highest BCUT2D eigenvalue weighted by Crippen LogP contribution is 2.22. The molecule has 0 aliphatic rings. The Labute approximate surface area is 90.1 Å². The molecule has 1 aromatic rings. The maximum atomic E-state index is 13.3. The summed E-state index contributed by atoms with van der Waals surface area (Å²) in [4.78, 5) is 0. The van der Waals surface area contributed by atoms with Gasteiger partial charge < -0.3 is 10.8 Å². The van der Waals surface area contributed by atoms with Crippen LogP contribution in [0.4, 0.5) is 4.39 Å².